The first-order chi connectivity index (χ1) is 12.2. The van der Waals surface area contributed by atoms with Gasteiger partial charge in [-0.15, -0.1) is 0 Å². The molecular weight excluding hydrogens is 320 g/mol. The molecule has 0 aromatic carbocycles. The number of urea groups is 1. The van der Waals surface area contributed by atoms with E-state index in [1.165, 1.54) is 0 Å². The maximum atomic E-state index is 12.6. The van der Waals surface area contributed by atoms with E-state index in [9.17, 15) is 9.59 Å². The Labute approximate surface area is 147 Å². The Hall–Kier alpha value is -2.15. The van der Waals surface area contributed by atoms with Crippen molar-refractivity contribution in [1.29, 1.82) is 0 Å². The Balaban J connectivity index is 1.38. The molecule has 1 spiro atoms. The number of ether oxygens (including phenoxy) is 1. The van der Waals surface area contributed by atoms with E-state index in [1.807, 2.05) is 21.9 Å². The number of morpholine rings is 1. The van der Waals surface area contributed by atoms with E-state index >= 15 is 0 Å². The highest BCUT2D eigenvalue weighted by Crippen LogP contribution is 2.39. The molecular formula is C18H24N4O3. The molecule has 7 heteroatoms. The predicted molar refractivity (Wildman–Crippen MR) is 91.1 cm³/mol. The van der Waals surface area contributed by atoms with Gasteiger partial charge in [-0.05, 0) is 37.0 Å². The number of piperidine rings is 1. The molecule has 0 radical (unpaired) electrons. The lowest BCUT2D eigenvalue weighted by molar-refractivity contribution is -0.121. The lowest BCUT2D eigenvalue weighted by atomic mass is 9.82. The van der Waals surface area contributed by atoms with Crippen molar-refractivity contribution in [2.75, 3.05) is 39.4 Å². The van der Waals surface area contributed by atoms with Crippen molar-refractivity contribution in [1.82, 2.24) is 20.1 Å². The van der Waals surface area contributed by atoms with Crippen LogP contribution in [0.5, 0.6) is 0 Å². The summed E-state index contributed by atoms with van der Waals surface area (Å²) in [6, 6.07) is 3.94. The maximum absolute atomic E-state index is 12.6. The Morgan fingerprint density at radius 3 is 2.44 bits per heavy atom. The number of aromatic nitrogens is 1. The van der Waals surface area contributed by atoms with Crippen molar-refractivity contribution in [3.63, 3.8) is 0 Å². The van der Waals surface area contributed by atoms with Crippen molar-refractivity contribution >= 4 is 11.9 Å². The van der Waals surface area contributed by atoms with Crippen LogP contribution < -0.4 is 5.32 Å². The van der Waals surface area contributed by atoms with E-state index in [0.717, 1.165) is 24.8 Å². The number of hydrogen-bond acceptors (Lipinski definition) is 4. The van der Waals surface area contributed by atoms with Gasteiger partial charge in [0.1, 0.15) is 0 Å². The fraction of sp³-hybridized carbons (Fsp3) is 0.611. The van der Waals surface area contributed by atoms with Gasteiger partial charge in [0.2, 0.25) is 5.91 Å². The SMILES string of the molecule is O=C1NC2(CCN(C(=O)N3CCOCC3)CC2)CC1c1ccncc1. The van der Waals surface area contributed by atoms with Crippen LogP contribution in [0.2, 0.25) is 0 Å². The second-order valence-corrected chi connectivity index (χ2v) is 7.18. The second kappa shape index (κ2) is 6.63. The van der Waals surface area contributed by atoms with Gasteiger partial charge in [0.25, 0.3) is 0 Å². The van der Waals surface area contributed by atoms with Gasteiger partial charge in [0.15, 0.2) is 0 Å². The average molecular weight is 344 g/mol. The third kappa shape index (κ3) is 3.20. The molecule has 25 heavy (non-hydrogen) atoms. The number of hydrogen-bond donors (Lipinski definition) is 1. The number of carbonyl (C=O) groups excluding carboxylic acids is 2. The number of carbonyl (C=O) groups is 2. The summed E-state index contributed by atoms with van der Waals surface area (Å²) in [6.07, 6.45) is 5.90. The minimum atomic E-state index is -0.174. The predicted octanol–water partition coefficient (Wildman–Crippen LogP) is 0.972. The molecule has 4 rings (SSSR count). The Kier molecular flexibility index (Phi) is 4.33. The smallest absolute Gasteiger partial charge is 0.320 e. The Bertz CT molecular complexity index is 637. The van der Waals surface area contributed by atoms with Crippen molar-refractivity contribution in [2.45, 2.75) is 30.7 Å². The first kappa shape index (κ1) is 16.3. The van der Waals surface area contributed by atoms with Crippen LogP contribution in [0.15, 0.2) is 24.5 Å². The molecule has 1 aromatic heterocycles. The first-order valence-electron chi connectivity index (χ1n) is 9.00. The maximum Gasteiger partial charge on any atom is 0.320 e. The largest absolute Gasteiger partial charge is 0.378 e. The topological polar surface area (TPSA) is 74.8 Å². The first-order valence-corrected chi connectivity index (χ1v) is 9.00. The third-order valence-corrected chi connectivity index (χ3v) is 5.68. The van der Waals surface area contributed by atoms with Gasteiger partial charge in [0.05, 0.1) is 19.1 Å². The van der Waals surface area contributed by atoms with Crippen LogP contribution >= 0.6 is 0 Å². The van der Waals surface area contributed by atoms with Gasteiger partial charge in [-0.2, -0.15) is 0 Å². The molecule has 7 nitrogen and oxygen atoms in total. The Morgan fingerprint density at radius 2 is 1.76 bits per heavy atom. The number of likely N-dealkylation sites (tertiary alicyclic amines) is 1. The summed E-state index contributed by atoms with van der Waals surface area (Å²) in [5.41, 5.74) is 0.850. The van der Waals surface area contributed by atoms with E-state index in [4.69, 9.17) is 4.74 Å². The van der Waals surface area contributed by atoms with Crippen LogP contribution in [0.3, 0.4) is 0 Å². The second-order valence-electron chi connectivity index (χ2n) is 7.18. The van der Waals surface area contributed by atoms with E-state index in [0.29, 0.717) is 39.4 Å². The molecule has 1 N–H and O–H groups in total. The highest BCUT2D eigenvalue weighted by molar-refractivity contribution is 5.87. The molecule has 4 heterocycles. The highest BCUT2D eigenvalue weighted by atomic mass is 16.5. The molecule has 1 aromatic rings. The minimum absolute atomic E-state index is 0.0964. The molecule has 0 bridgehead atoms. The van der Waals surface area contributed by atoms with Gasteiger partial charge < -0.3 is 19.9 Å². The number of pyridine rings is 1. The van der Waals surface area contributed by atoms with Crippen LogP contribution in [0.1, 0.15) is 30.7 Å². The number of amides is 3. The van der Waals surface area contributed by atoms with Crippen molar-refractivity contribution < 1.29 is 14.3 Å². The summed E-state index contributed by atoms with van der Waals surface area (Å²) in [7, 11) is 0. The van der Waals surface area contributed by atoms with Crippen LogP contribution in [-0.2, 0) is 9.53 Å². The van der Waals surface area contributed by atoms with Crippen molar-refractivity contribution in [3.05, 3.63) is 30.1 Å². The summed E-state index contributed by atoms with van der Waals surface area (Å²) in [6.45, 7) is 3.96. The number of nitrogens with zero attached hydrogens (tertiary/aromatic N) is 3. The standard InChI is InChI=1S/C18H24N4O3/c23-16-15(14-1-5-19-6-2-14)13-18(20-16)3-7-21(8-4-18)17(24)22-9-11-25-12-10-22/h1-2,5-6,15H,3-4,7-13H2,(H,20,23). The van der Waals surface area contributed by atoms with E-state index in [1.54, 1.807) is 12.4 Å². The van der Waals surface area contributed by atoms with Crippen LogP contribution in [0.25, 0.3) is 0 Å². The lowest BCUT2D eigenvalue weighted by Gasteiger charge is -2.41. The van der Waals surface area contributed by atoms with E-state index in [2.05, 4.69) is 10.3 Å². The normalized spacial score (nSPS) is 25.9. The molecule has 0 saturated carbocycles. The Morgan fingerprint density at radius 1 is 1.12 bits per heavy atom. The summed E-state index contributed by atoms with van der Waals surface area (Å²) in [4.78, 5) is 32.9. The van der Waals surface area contributed by atoms with Crippen molar-refractivity contribution in [2.24, 2.45) is 0 Å². The van der Waals surface area contributed by atoms with Gasteiger partial charge in [0, 0.05) is 44.1 Å². The summed E-state index contributed by atoms with van der Waals surface area (Å²) < 4.78 is 5.31. The summed E-state index contributed by atoms with van der Waals surface area (Å²) >= 11 is 0. The average Bonchev–Trinajstić information content (AvgIpc) is 2.99. The molecule has 0 aliphatic carbocycles. The molecule has 3 aliphatic heterocycles. The van der Waals surface area contributed by atoms with Crippen LogP contribution in [0, 0.1) is 0 Å². The van der Waals surface area contributed by atoms with Gasteiger partial charge in [-0.25, -0.2) is 4.79 Å². The summed E-state index contributed by atoms with van der Waals surface area (Å²) in [5, 5.41) is 3.23. The van der Waals surface area contributed by atoms with E-state index < -0.39 is 0 Å². The quantitative estimate of drug-likeness (QED) is 0.824. The van der Waals surface area contributed by atoms with Gasteiger partial charge in [-0.1, -0.05) is 0 Å². The van der Waals surface area contributed by atoms with Crippen LogP contribution in [0.4, 0.5) is 4.79 Å². The summed E-state index contributed by atoms with van der Waals surface area (Å²) in [5.74, 6) is -0.0105. The zero-order valence-corrected chi connectivity index (χ0v) is 14.3. The zero-order chi connectivity index (χ0) is 17.3. The molecule has 134 valence electrons. The highest BCUT2D eigenvalue weighted by Gasteiger charge is 2.47. The lowest BCUT2D eigenvalue weighted by Crippen LogP contribution is -2.56. The third-order valence-electron chi connectivity index (χ3n) is 5.68. The molecule has 3 aliphatic rings. The van der Waals surface area contributed by atoms with Gasteiger partial charge >= 0.3 is 6.03 Å². The van der Waals surface area contributed by atoms with E-state index in [-0.39, 0.29) is 23.4 Å². The molecule has 1 unspecified atom stereocenters. The number of rotatable bonds is 1. The molecule has 3 fully saturated rings. The molecule has 3 saturated heterocycles. The van der Waals surface area contributed by atoms with Crippen molar-refractivity contribution in [3.8, 4) is 0 Å². The molecule has 1 atom stereocenters. The number of nitrogens with one attached hydrogen (secondary N) is 1. The van der Waals surface area contributed by atoms with Crippen LogP contribution in [-0.4, -0.2) is 71.7 Å². The minimum Gasteiger partial charge on any atom is -0.378 e. The fourth-order valence-corrected chi connectivity index (χ4v) is 4.16. The molecule has 3 amide bonds. The van der Waals surface area contributed by atoms with Gasteiger partial charge in [-0.3, -0.25) is 9.78 Å². The zero-order valence-electron chi connectivity index (χ0n) is 14.3. The monoisotopic (exact) mass is 344 g/mol. The fourth-order valence-electron chi connectivity index (χ4n) is 4.16.